The maximum absolute atomic E-state index is 9.04. The second kappa shape index (κ2) is 6.36. The van der Waals surface area contributed by atoms with Crippen molar-refractivity contribution in [1.29, 1.82) is 5.26 Å². The largest absolute Gasteiger partial charge is 0.376 e. The smallest absolute Gasteiger partial charge is 0.117 e. The zero-order valence-electron chi connectivity index (χ0n) is 8.28. The average Bonchev–Trinajstić information content (AvgIpc) is 2.27. The number of rotatable bonds is 3. The van der Waals surface area contributed by atoms with Crippen LogP contribution in [-0.2, 0) is 9.47 Å². The van der Waals surface area contributed by atoms with Crippen LogP contribution in [0.5, 0.6) is 0 Å². The Morgan fingerprint density at radius 3 is 2.50 bits per heavy atom. The van der Waals surface area contributed by atoms with Gasteiger partial charge >= 0.3 is 0 Å². The van der Waals surface area contributed by atoms with Crippen molar-refractivity contribution in [3.05, 3.63) is 9.81 Å². The average molecular weight is 231 g/mol. The first kappa shape index (κ1) is 11.9. The zero-order chi connectivity index (χ0) is 10.4. The van der Waals surface area contributed by atoms with E-state index in [0.29, 0.717) is 25.4 Å². The lowest BCUT2D eigenvalue weighted by Gasteiger charge is -2.23. The van der Waals surface area contributed by atoms with E-state index in [1.54, 1.807) is 23.5 Å². The van der Waals surface area contributed by atoms with Crippen LogP contribution in [0.25, 0.3) is 0 Å². The first-order chi connectivity index (χ1) is 6.83. The number of ether oxygens (including phenoxy) is 2. The molecule has 1 atom stereocenters. The SMILES string of the molecule is CSC(SC)=C(C#N)C1COCCO1. The molecule has 1 rings (SSSR count). The zero-order valence-corrected chi connectivity index (χ0v) is 9.91. The second-order valence-electron chi connectivity index (χ2n) is 2.66. The molecule has 0 aromatic rings. The van der Waals surface area contributed by atoms with E-state index in [-0.39, 0.29) is 6.10 Å². The number of nitriles is 1. The van der Waals surface area contributed by atoms with Crippen molar-refractivity contribution in [3.63, 3.8) is 0 Å². The lowest BCUT2D eigenvalue weighted by Crippen LogP contribution is -2.30. The molecule has 1 fully saturated rings. The molecule has 0 bridgehead atoms. The number of hydrogen-bond acceptors (Lipinski definition) is 5. The van der Waals surface area contributed by atoms with Crippen molar-refractivity contribution in [2.45, 2.75) is 6.10 Å². The number of thioether (sulfide) groups is 2. The molecule has 0 aliphatic carbocycles. The lowest BCUT2D eigenvalue weighted by molar-refractivity contribution is -0.0705. The van der Waals surface area contributed by atoms with Gasteiger partial charge in [0, 0.05) is 0 Å². The molecule has 1 saturated heterocycles. The van der Waals surface area contributed by atoms with E-state index in [1.165, 1.54) is 0 Å². The standard InChI is InChI=1S/C9H13NO2S2/c1-13-9(14-2)7(5-10)8-6-11-3-4-12-8/h8H,3-4,6H2,1-2H3. The minimum absolute atomic E-state index is 0.177. The molecule has 0 radical (unpaired) electrons. The Labute approximate surface area is 92.8 Å². The molecule has 0 aromatic heterocycles. The van der Waals surface area contributed by atoms with E-state index in [1.807, 2.05) is 12.5 Å². The molecule has 0 spiro atoms. The van der Waals surface area contributed by atoms with Crippen molar-refractivity contribution >= 4 is 23.5 Å². The summed E-state index contributed by atoms with van der Waals surface area (Å²) in [5.41, 5.74) is 0.699. The molecular formula is C9H13NO2S2. The van der Waals surface area contributed by atoms with Crippen LogP contribution in [0.15, 0.2) is 9.81 Å². The molecule has 1 aliphatic heterocycles. The van der Waals surface area contributed by atoms with Crippen molar-refractivity contribution < 1.29 is 9.47 Å². The maximum Gasteiger partial charge on any atom is 0.117 e. The van der Waals surface area contributed by atoms with Gasteiger partial charge in [0.05, 0.1) is 35.7 Å². The molecule has 14 heavy (non-hydrogen) atoms. The topological polar surface area (TPSA) is 42.2 Å². The van der Waals surface area contributed by atoms with Gasteiger partial charge in [0.2, 0.25) is 0 Å². The Morgan fingerprint density at radius 1 is 1.36 bits per heavy atom. The second-order valence-corrected chi connectivity index (χ2v) is 4.55. The Morgan fingerprint density at radius 2 is 2.07 bits per heavy atom. The fraction of sp³-hybridized carbons (Fsp3) is 0.667. The summed E-state index contributed by atoms with van der Waals surface area (Å²) in [4.78, 5) is 0. The third kappa shape index (κ3) is 2.92. The molecule has 1 aliphatic rings. The Hall–Kier alpha value is -0.150. The van der Waals surface area contributed by atoms with Gasteiger partial charge in [-0.25, -0.2) is 0 Å². The summed E-state index contributed by atoms with van der Waals surface area (Å²) in [6.45, 7) is 1.70. The van der Waals surface area contributed by atoms with Crippen LogP contribution in [0.1, 0.15) is 0 Å². The number of hydrogen-bond donors (Lipinski definition) is 0. The van der Waals surface area contributed by atoms with Crippen LogP contribution in [0.3, 0.4) is 0 Å². The summed E-state index contributed by atoms with van der Waals surface area (Å²) in [7, 11) is 0. The molecule has 1 unspecified atom stereocenters. The summed E-state index contributed by atoms with van der Waals surface area (Å²) in [6.07, 6.45) is 3.75. The fourth-order valence-corrected chi connectivity index (χ4v) is 2.67. The first-order valence-corrected chi connectivity index (χ1v) is 6.70. The highest BCUT2D eigenvalue weighted by Gasteiger charge is 2.22. The predicted molar refractivity (Wildman–Crippen MR) is 60.2 cm³/mol. The normalized spacial score (nSPS) is 21.4. The molecule has 0 amide bonds. The van der Waals surface area contributed by atoms with E-state index in [2.05, 4.69) is 6.07 Å². The summed E-state index contributed by atoms with van der Waals surface area (Å²) in [6, 6.07) is 2.21. The third-order valence-electron chi connectivity index (χ3n) is 1.85. The van der Waals surface area contributed by atoms with Gasteiger partial charge < -0.3 is 9.47 Å². The quantitative estimate of drug-likeness (QED) is 0.694. The van der Waals surface area contributed by atoms with Crippen molar-refractivity contribution in [1.82, 2.24) is 0 Å². The Bertz CT molecular complexity index is 248. The lowest BCUT2D eigenvalue weighted by atomic mass is 10.2. The number of nitrogens with zero attached hydrogens (tertiary/aromatic N) is 1. The van der Waals surface area contributed by atoms with Crippen LogP contribution in [-0.4, -0.2) is 38.4 Å². The van der Waals surface area contributed by atoms with Gasteiger partial charge in [-0.15, -0.1) is 23.5 Å². The molecule has 3 nitrogen and oxygen atoms in total. The molecule has 0 aromatic carbocycles. The molecule has 78 valence electrons. The van der Waals surface area contributed by atoms with Gasteiger partial charge in [0.15, 0.2) is 0 Å². The van der Waals surface area contributed by atoms with E-state index >= 15 is 0 Å². The van der Waals surface area contributed by atoms with Gasteiger partial charge in [-0.2, -0.15) is 5.26 Å². The molecule has 0 N–H and O–H groups in total. The van der Waals surface area contributed by atoms with Crippen LogP contribution in [0, 0.1) is 11.3 Å². The van der Waals surface area contributed by atoms with Gasteiger partial charge in [-0.3, -0.25) is 0 Å². The van der Waals surface area contributed by atoms with Crippen LogP contribution < -0.4 is 0 Å². The van der Waals surface area contributed by atoms with Gasteiger partial charge in [-0.05, 0) is 12.5 Å². The minimum atomic E-state index is -0.177. The predicted octanol–water partition coefficient (Wildman–Crippen LogP) is 1.86. The molecule has 1 heterocycles. The van der Waals surface area contributed by atoms with Crippen LogP contribution in [0.4, 0.5) is 0 Å². The Balaban J connectivity index is 2.78. The van der Waals surface area contributed by atoms with Gasteiger partial charge in [0.1, 0.15) is 6.10 Å². The first-order valence-electron chi connectivity index (χ1n) is 4.25. The summed E-state index contributed by atoms with van der Waals surface area (Å²) in [5, 5.41) is 9.04. The van der Waals surface area contributed by atoms with E-state index in [4.69, 9.17) is 14.7 Å². The van der Waals surface area contributed by atoms with Gasteiger partial charge in [-0.1, -0.05) is 0 Å². The summed E-state index contributed by atoms with van der Waals surface area (Å²) in [5.74, 6) is 0. The minimum Gasteiger partial charge on any atom is -0.376 e. The monoisotopic (exact) mass is 231 g/mol. The van der Waals surface area contributed by atoms with Crippen LogP contribution in [0.2, 0.25) is 0 Å². The van der Waals surface area contributed by atoms with Crippen molar-refractivity contribution in [3.8, 4) is 6.07 Å². The molecular weight excluding hydrogens is 218 g/mol. The van der Waals surface area contributed by atoms with E-state index in [9.17, 15) is 0 Å². The van der Waals surface area contributed by atoms with Crippen LogP contribution >= 0.6 is 23.5 Å². The summed E-state index contributed by atoms with van der Waals surface area (Å²) >= 11 is 3.16. The summed E-state index contributed by atoms with van der Waals surface area (Å²) < 4.78 is 11.8. The third-order valence-corrected chi connectivity index (χ3v) is 4.03. The van der Waals surface area contributed by atoms with E-state index < -0.39 is 0 Å². The van der Waals surface area contributed by atoms with Crippen molar-refractivity contribution in [2.24, 2.45) is 0 Å². The van der Waals surface area contributed by atoms with Gasteiger partial charge in [0.25, 0.3) is 0 Å². The highest BCUT2D eigenvalue weighted by molar-refractivity contribution is 8.21. The van der Waals surface area contributed by atoms with E-state index in [0.717, 1.165) is 4.24 Å². The molecule has 5 heteroatoms. The van der Waals surface area contributed by atoms with Crippen molar-refractivity contribution in [2.75, 3.05) is 32.3 Å². The molecule has 0 saturated carbocycles. The highest BCUT2D eigenvalue weighted by Crippen LogP contribution is 2.30. The fourth-order valence-electron chi connectivity index (χ4n) is 1.21. The maximum atomic E-state index is 9.04. The highest BCUT2D eigenvalue weighted by atomic mass is 32.2. The Kier molecular flexibility index (Phi) is 5.41.